The first-order valence-electron chi connectivity index (χ1n) is 9.30. The quantitative estimate of drug-likeness (QED) is 0.565. The molecule has 0 aliphatic carbocycles. The summed E-state index contributed by atoms with van der Waals surface area (Å²) in [5.41, 5.74) is 1.14. The van der Waals surface area contributed by atoms with Crippen molar-refractivity contribution in [2.45, 2.75) is 13.1 Å². The summed E-state index contributed by atoms with van der Waals surface area (Å²) in [5.74, 6) is -2.24. The van der Waals surface area contributed by atoms with Crippen molar-refractivity contribution in [2.75, 3.05) is 18.4 Å². The van der Waals surface area contributed by atoms with Crippen LogP contribution in [0.2, 0.25) is 0 Å². The van der Waals surface area contributed by atoms with Crippen molar-refractivity contribution in [3.8, 4) is 0 Å². The van der Waals surface area contributed by atoms with E-state index < -0.39 is 17.5 Å². The average Bonchev–Trinajstić information content (AvgIpc) is 3.23. The second-order valence-electron chi connectivity index (χ2n) is 6.66. The van der Waals surface area contributed by atoms with Crippen molar-refractivity contribution < 1.29 is 22.8 Å². The minimum Gasteiger partial charge on any atom is -0.468 e. The van der Waals surface area contributed by atoms with Crippen molar-refractivity contribution in [1.82, 2.24) is 10.2 Å². The van der Waals surface area contributed by atoms with E-state index in [0.717, 1.165) is 23.5 Å². The van der Waals surface area contributed by atoms with Gasteiger partial charge in [-0.1, -0.05) is 30.3 Å². The average molecular weight is 413 g/mol. The van der Waals surface area contributed by atoms with Crippen LogP contribution < -0.4 is 10.6 Å². The van der Waals surface area contributed by atoms with Crippen molar-refractivity contribution >= 4 is 17.5 Å². The highest BCUT2D eigenvalue weighted by molar-refractivity contribution is 5.94. The zero-order valence-corrected chi connectivity index (χ0v) is 16.1. The van der Waals surface area contributed by atoms with E-state index in [1.165, 1.54) is 6.07 Å². The molecule has 2 N–H and O–H groups in total. The van der Waals surface area contributed by atoms with Crippen LogP contribution in [0, 0.1) is 11.6 Å². The van der Waals surface area contributed by atoms with Gasteiger partial charge in [0.2, 0.25) is 11.8 Å². The molecule has 6 nitrogen and oxygen atoms in total. The highest BCUT2D eigenvalue weighted by atomic mass is 19.2. The highest BCUT2D eigenvalue weighted by Gasteiger charge is 2.15. The molecule has 30 heavy (non-hydrogen) atoms. The van der Waals surface area contributed by atoms with Gasteiger partial charge in [-0.25, -0.2) is 8.78 Å². The fourth-order valence-electron chi connectivity index (χ4n) is 2.85. The molecule has 0 aliphatic rings. The van der Waals surface area contributed by atoms with Crippen LogP contribution in [0.5, 0.6) is 0 Å². The number of nitrogens with one attached hydrogen (secondary N) is 2. The number of anilines is 1. The minimum absolute atomic E-state index is 0.0497. The van der Waals surface area contributed by atoms with Crippen LogP contribution in [-0.2, 0) is 22.7 Å². The molecule has 0 saturated carbocycles. The molecular formula is C22H21F2N3O3. The maximum atomic E-state index is 13.2. The number of rotatable bonds is 9. The Balaban J connectivity index is 1.52. The molecule has 0 fully saturated rings. The minimum atomic E-state index is -1.06. The molecule has 0 saturated heterocycles. The molecule has 2 aromatic carbocycles. The Kier molecular flexibility index (Phi) is 7.29. The predicted molar refractivity (Wildman–Crippen MR) is 107 cm³/mol. The van der Waals surface area contributed by atoms with Gasteiger partial charge in [0, 0.05) is 18.3 Å². The van der Waals surface area contributed by atoms with Crippen molar-refractivity contribution in [3.05, 3.63) is 89.9 Å². The van der Waals surface area contributed by atoms with E-state index in [-0.39, 0.29) is 24.7 Å². The number of hydrogen-bond acceptors (Lipinski definition) is 4. The van der Waals surface area contributed by atoms with Crippen molar-refractivity contribution in [2.24, 2.45) is 0 Å². The molecule has 2 amide bonds. The van der Waals surface area contributed by atoms with Gasteiger partial charge in [0.1, 0.15) is 5.76 Å². The molecule has 156 valence electrons. The fourth-order valence-corrected chi connectivity index (χ4v) is 2.85. The van der Waals surface area contributed by atoms with Gasteiger partial charge in [0.15, 0.2) is 11.6 Å². The Morgan fingerprint density at radius 3 is 2.40 bits per heavy atom. The van der Waals surface area contributed by atoms with E-state index >= 15 is 0 Å². The molecule has 0 spiro atoms. The van der Waals surface area contributed by atoms with Gasteiger partial charge in [-0.05, 0) is 29.8 Å². The Morgan fingerprint density at radius 2 is 1.70 bits per heavy atom. The molecule has 0 unspecified atom stereocenters. The van der Waals surface area contributed by atoms with Gasteiger partial charge in [0.25, 0.3) is 0 Å². The zero-order chi connectivity index (χ0) is 21.3. The lowest BCUT2D eigenvalue weighted by Crippen LogP contribution is -2.40. The van der Waals surface area contributed by atoms with Crippen LogP contribution >= 0.6 is 0 Å². The molecule has 0 bridgehead atoms. The number of furan rings is 1. The summed E-state index contributed by atoms with van der Waals surface area (Å²) in [4.78, 5) is 26.2. The third kappa shape index (κ3) is 6.52. The first-order valence-corrected chi connectivity index (χ1v) is 9.30. The van der Waals surface area contributed by atoms with E-state index in [2.05, 4.69) is 10.6 Å². The van der Waals surface area contributed by atoms with Crippen molar-refractivity contribution in [1.29, 1.82) is 0 Å². The van der Waals surface area contributed by atoms with Crippen molar-refractivity contribution in [3.63, 3.8) is 0 Å². The topological polar surface area (TPSA) is 74.6 Å². The summed E-state index contributed by atoms with van der Waals surface area (Å²) in [6, 6.07) is 16.3. The first-order chi connectivity index (χ1) is 14.5. The van der Waals surface area contributed by atoms with Crippen LogP contribution in [0.15, 0.2) is 71.3 Å². The monoisotopic (exact) mass is 413 g/mol. The zero-order valence-electron chi connectivity index (χ0n) is 16.1. The second-order valence-corrected chi connectivity index (χ2v) is 6.66. The molecule has 3 rings (SSSR count). The van der Waals surface area contributed by atoms with E-state index in [4.69, 9.17) is 4.42 Å². The molecule has 0 aliphatic heterocycles. The lowest BCUT2D eigenvalue weighted by atomic mass is 10.2. The number of nitrogens with zero attached hydrogens (tertiary/aromatic N) is 1. The highest BCUT2D eigenvalue weighted by Crippen LogP contribution is 2.13. The van der Waals surface area contributed by atoms with Crippen LogP contribution in [0.4, 0.5) is 14.5 Å². The number of halogens is 2. The lowest BCUT2D eigenvalue weighted by molar-refractivity contribution is -0.125. The van der Waals surface area contributed by atoms with E-state index in [1.807, 2.05) is 41.3 Å². The smallest absolute Gasteiger partial charge is 0.243 e. The molecule has 0 atom stereocenters. The largest absolute Gasteiger partial charge is 0.468 e. The number of carbonyl (C=O) groups excluding carboxylic acids is 2. The SMILES string of the molecule is O=C(CN(Cc1ccccc1)Cc1ccco1)NCC(=O)Nc1ccc(F)c(F)c1. The van der Waals surface area contributed by atoms with Crippen LogP contribution in [0.25, 0.3) is 0 Å². The van der Waals surface area contributed by atoms with E-state index in [1.54, 1.807) is 12.3 Å². The maximum absolute atomic E-state index is 13.2. The first kappa shape index (κ1) is 21.2. The number of benzene rings is 2. The predicted octanol–water partition coefficient (Wildman–Crippen LogP) is 3.31. The molecule has 3 aromatic rings. The Hall–Kier alpha value is -3.52. The normalized spacial score (nSPS) is 10.8. The molecular weight excluding hydrogens is 392 g/mol. The Labute approximate surface area is 172 Å². The third-order valence-corrected chi connectivity index (χ3v) is 4.23. The number of amides is 2. The Morgan fingerprint density at radius 1 is 0.900 bits per heavy atom. The standard InChI is InChI=1S/C22H21F2N3O3/c23-19-9-8-17(11-20(19)24)26-21(28)12-25-22(29)15-27(14-18-7-4-10-30-18)13-16-5-2-1-3-6-16/h1-11H,12-15H2,(H,25,29)(H,26,28). The van der Waals surface area contributed by atoms with Gasteiger partial charge >= 0.3 is 0 Å². The second kappa shape index (κ2) is 10.3. The fraction of sp³-hybridized carbons (Fsp3) is 0.182. The summed E-state index contributed by atoms with van der Waals surface area (Å²) in [6.45, 7) is 0.707. The number of hydrogen-bond donors (Lipinski definition) is 2. The van der Waals surface area contributed by atoms with E-state index in [0.29, 0.717) is 13.1 Å². The van der Waals surface area contributed by atoms with Gasteiger partial charge in [0.05, 0.1) is 25.9 Å². The number of carbonyl (C=O) groups is 2. The summed E-state index contributed by atoms with van der Waals surface area (Å²) < 4.78 is 31.5. The van der Waals surface area contributed by atoms with Gasteiger partial charge < -0.3 is 15.1 Å². The maximum Gasteiger partial charge on any atom is 0.243 e. The van der Waals surface area contributed by atoms with E-state index in [9.17, 15) is 18.4 Å². The van der Waals surface area contributed by atoms with Gasteiger partial charge in [-0.2, -0.15) is 0 Å². The molecule has 1 heterocycles. The summed E-state index contributed by atoms with van der Waals surface area (Å²) in [7, 11) is 0. The van der Waals surface area contributed by atoms with Crippen LogP contribution in [0.1, 0.15) is 11.3 Å². The molecule has 0 radical (unpaired) electrons. The molecule has 8 heteroatoms. The summed E-state index contributed by atoms with van der Waals surface area (Å²) in [5, 5.41) is 4.94. The van der Waals surface area contributed by atoms with Gasteiger partial charge in [-0.3, -0.25) is 14.5 Å². The third-order valence-electron chi connectivity index (χ3n) is 4.23. The van der Waals surface area contributed by atoms with Crippen LogP contribution in [-0.4, -0.2) is 29.8 Å². The lowest BCUT2D eigenvalue weighted by Gasteiger charge is -2.21. The van der Waals surface area contributed by atoms with Crippen LogP contribution in [0.3, 0.4) is 0 Å². The Bertz CT molecular complexity index is 979. The van der Waals surface area contributed by atoms with Gasteiger partial charge in [-0.15, -0.1) is 0 Å². The summed E-state index contributed by atoms with van der Waals surface area (Å²) in [6.07, 6.45) is 1.57. The molecule has 1 aromatic heterocycles. The summed E-state index contributed by atoms with van der Waals surface area (Å²) >= 11 is 0.